The molecule has 184 valence electrons. The summed E-state index contributed by atoms with van der Waals surface area (Å²) < 4.78 is 53.6. The van der Waals surface area contributed by atoms with Crippen LogP contribution in [0, 0.1) is 17.6 Å². The van der Waals surface area contributed by atoms with Gasteiger partial charge in [-0.2, -0.15) is 4.31 Å². The second-order valence-electron chi connectivity index (χ2n) is 8.29. The highest BCUT2D eigenvalue weighted by atomic mass is 32.2. The van der Waals surface area contributed by atoms with Crippen molar-refractivity contribution in [1.82, 2.24) is 9.21 Å². The number of amides is 2. The lowest BCUT2D eigenvalue weighted by atomic mass is 10.0. The lowest BCUT2D eigenvalue weighted by Gasteiger charge is -2.28. The number of halogens is 2. The average molecular weight is 494 g/mol. The number of nitrogens with zero attached hydrogens (tertiary/aromatic N) is 3. The Kier molecular flexibility index (Phi) is 7.72. The predicted molar refractivity (Wildman–Crippen MR) is 125 cm³/mol. The molecule has 2 aromatic carbocycles. The van der Waals surface area contributed by atoms with Crippen molar-refractivity contribution in [3.63, 3.8) is 0 Å². The topological polar surface area (TPSA) is 78.0 Å². The van der Waals surface area contributed by atoms with Crippen molar-refractivity contribution in [2.45, 2.75) is 38.1 Å². The first-order chi connectivity index (χ1) is 16.0. The Balaban J connectivity index is 1.73. The largest absolute Gasteiger partial charge is 0.339 e. The van der Waals surface area contributed by atoms with Gasteiger partial charge in [0.2, 0.25) is 21.8 Å². The Morgan fingerprint density at radius 3 is 2.26 bits per heavy atom. The van der Waals surface area contributed by atoms with E-state index in [0.717, 1.165) is 12.1 Å². The molecule has 1 aliphatic heterocycles. The van der Waals surface area contributed by atoms with Crippen LogP contribution in [0.2, 0.25) is 0 Å². The molecule has 2 aromatic rings. The van der Waals surface area contributed by atoms with E-state index < -0.39 is 33.6 Å². The van der Waals surface area contributed by atoms with Crippen molar-refractivity contribution in [3.8, 4) is 0 Å². The van der Waals surface area contributed by atoms with E-state index in [4.69, 9.17) is 0 Å². The van der Waals surface area contributed by atoms with Gasteiger partial charge < -0.3 is 9.80 Å². The van der Waals surface area contributed by atoms with Crippen molar-refractivity contribution in [1.29, 1.82) is 0 Å². The maximum atomic E-state index is 13.6. The normalized spacial score (nSPS) is 17.3. The minimum absolute atomic E-state index is 0.00711. The molecule has 10 heteroatoms. The van der Waals surface area contributed by atoms with Crippen LogP contribution < -0.4 is 4.90 Å². The second kappa shape index (κ2) is 10.2. The summed E-state index contributed by atoms with van der Waals surface area (Å²) in [5.41, 5.74) is 0.955. The van der Waals surface area contributed by atoms with E-state index in [1.807, 2.05) is 0 Å². The molecule has 1 aliphatic rings. The number of rotatable bonds is 8. The van der Waals surface area contributed by atoms with Crippen LogP contribution in [-0.4, -0.2) is 56.1 Å². The summed E-state index contributed by atoms with van der Waals surface area (Å²) in [6.45, 7) is 6.08. The summed E-state index contributed by atoms with van der Waals surface area (Å²) in [6.07, 6.45) is 0.00711. The standard InChI is InChI=1S/C24H29F2N3O4S/c1-5-28(6-2)34(32,33)20-10-8-19(9-11-20)29-15-18(14-23(29)30)24(31)27(4)16(3)17-7-12-21(25)22(26)13-17/h7-13,16,18H,5-6,14-15H2,1-4H3/t16-,18-/m0/s1. The van der Waals surface area contributed by atoms with Crippen molar-refractivity contribution >= 4 is 27.5 Å². The second-order valence-corrected chi connectivity index (χ2v) is 10.2. The first-order valence-corrected chi connectivity index (χ1v) is 12.6. The molecular weight excluding hydrogens is 464 g/mol. The molecule has 0 unspecified atom stereocenters. The highest BCUT2D eigenvalue weighted by molar-refractivity contribution is 7.89. The fourth-order valence-electron chi connectivity index (χ4n) is 4.11. The van der Waals surface area contributed by atoms with Gasteiger partial charge >= 0.3 is 0 Å². The maximum absolute atomic E-state index is 13.6. The van der Waals surface area contributed by atoms with Gasteiger partial charge in [0.15, 0.2) is 11.6 Å². The Morgan fingerprint density at radius 2 is 1.71 bits per heavy atom. The summed E-state index contributed by atoms with van der Waals surface area (Å²) in [4.78, 5) is 28.7. The van der Waals surface area contributed by atoms with E-state index in [2.05, 4.69) is 0 Å². The number of carbonyl (C=O) groups is 2. The maximum Gasteiger partial charge on any atom is 0.243 e. The smallest absolute Gasteiger partial charge is 0.243 e. The Hall–Kier alpha value is -2.85. The molecule has 0 N–H and O–H groups in total. The van der Waals surface area contributed by atoms with Crippen LogP contribution in [0.5, 0.6) is 0 Å². The number of hydrogen-bond acceptors (Lipinski definition) is 4. The fraction of sp³-hybridized carbons (Fsp3) is 0.417. The first kappa shape index (κ1) is 25.8. The summed E-state index contributed by atoms with van der Waals surface area (Å²) in [7, 11) is -2.05. The molecule has 34 heavy (non-hydrogen) atoms. The van der Waals surface area contributed by atoms with Crippen molar-refractivity contribution in [2.24, 2.45) is 5.92 Å². The third-order valence-electron chi connectivity index (χ3n) is 6.32. The zero-order valence-electron chi connectivity index (χ0n) is 19.7. The van der Waals surface area contributed by atoms with Crippen LogP contribution in [0.15, 0.2) is 47.4 Å². The Labute approximate surface area is 199 Å². The third-order valence-corrected chi connectivity index (χ3v) is 8.38. The van der Waals surface area contributed by atoms with Gasteiger partial charge in [-0.1, -0.05) is 19.9 Å². The Morgan fingerprint density at radius 1 is 1.09 bits per heavy atom. The highest BCUT2D eigenvalue weighted by Gasteiger charge is 2.37. The van der Waals surface area contributed by atoms with E-state index in [-0.39, 0.29) is 29.7 Å². The number of sulfonamides is 1. The minimum Gasteiger partial charge on any atom is -0.339 e. The van der Waals surface area contributed by atoms with E-state index >= 15 is 0 Å². The number of carbonyl (C=O) groups excluding carboxylic acids is 2. The van der Waals surface area contributed by atoms with E-state index in [9.17, 15) is 26.8 Å². The van der Waals surface area contributed by atoms with E-state index in [1.165, 1.54) is 32.3 Å². The molecule has 0 bridgehead atoms. The molecule has 2 atom stereocenters. The molecule has 0 radical (unpaired) electrons. The van der Waals surface area contributed by atoms with Crippen LogP contribution >= 0.6 is 0 Å². The van der Waals surface area contributed by atoms with Crippen LogP contribution in [0.4, 0.5) is 14.5 Å². The van der Waals surface area contributed by atoms with E-state index in [0.29, 0.717) is 24.3 Å². The van der Waals surface area contributed by atoms with Gasteiger partial charge in [0.1, 0.15) is 0 Å². The molecule has 0 spiro atoms. The molecule has 7 nitrogen and oxygen atoms in total. The first-order valence-electron chi connectivity index (χ1n) is 11.1. The number of hydrogen-bond donors (Lipinski definition) is 0. The van der Waals surface area contributed by atoms with Gasteiger partial charge in [-0.3, -0.25) is 9.59 Å². The SMILES string of the molecule is CCN(CC)S(=O)(=O)c1ccc(N2C[C@@H](C(=O)N(C)[C@@H](C)c3ccc(F)c(F)c3)CC2=O)cc1. The summed E-state index contributed by atoms with van der Waals surface area (Å²) in [6, 6.07) is 9.03. The lowest BCUT2D eigenvalue weighted by Crippen LogP contribution is -2.36. The Bertz CT molecular complexity index is 1170. The molecule has 1 heterocycles. The minimum atomic E-state index is -3.61. The molecule has 0 saturated carbocycles. The van der Waals surface area contributed by atoms with Gasteiger partial charge in [0.05, 0.1) is 16.9 Å². The molecule has 2 amide bonds. The fourth-order valence-corrected chi connectivity index (χ4v) is 5.57. The number of anilines is 1. The van der Waals surface area contributed by atoms with Gasteiger partial charge in [0, 0.05) is 38.8 Å². The molecule has 1 saturated heterocycles. The van der Waals surface area contributed by atoms with Gasteiger partial charge in [-0.15, -0.1) is 0 Å². The van der Waals surface area contributed by atoms with Crippen LogP contribution in [0.3, 0.4) is 0 Å². The van der Waals surface area contributed by atoms with E-state index in [1.54, 1.807) is 40.0 Å². The van der Waals surface area contributed by atoms with Crippen LogP contribution in [0.1, 0.15) is 38.8 Å². The summed E-state index contributed by atoms with van der Waals surface area (Å²) in [5.74, 6) is -3.08. The summed E-state index contributed by atoms with van der Waals surface area (Å²) in [5, 5.41) is 0. The van der Waals surface area contributed by atoms with Crippen LogP contribution in [0.25, 0.3) is 0 Å². The lowest BCUT2D eigenvalue weighted by molar-refractivity contribution is -0.136. The average Bonchev–Trinajstić information content (AvgIpc) is 3.21. The molecule has 1 fully saturated rings. The van der Waals surface area contributed by atoms with Crippen molar-refractivity contribution in [2.75, 3.05) is 31.6 Å². The van der Waals surface area contributed by atoms with Crippen molar-refractivity contribution in [3.05, 3.63) is 59.7 Å². The zero-order chi connectivity index (χ0) is 25.2. The monoisotopic (exact) mass is 493 g/mol. The quantitative estimate of drug-likeness (QED) is 0.563. The molecule has 3 rings (SSSR count). The summed E-state index contributed by atoms with van der Waals surface area (Å²) >= 11 is 0. The zero-order valence-corrected chi connectivity index (χ0v) is 20.5. The molecule has 0 aromatic heterocycles. The third kappa shape index (κ3) is 4.97. The van der Waals surface area contributed by atoms with Crippen molar-refractivity contribution < 1.29 is 26.8 Å². The van der Waals surface area contributed by atoms with Gasteiger partial charge in [-0.05, 0) is 48.9 Å². The molecular formula is C24H29F2N3O4S. The predicted octanol–water partition coefficient (Wildman–Crippen LogP) is 3.57. The highest BCUT2D eigenvalue weighted by Crippen LogP contribution is 2.30. The van der Waals surface area contributed by atoms with Gasteiger partial charge in [0.25, 0.3) is 0 Å². The molecule has 0 aliphatic carbocycles. The number of benzene rings is 2. The van der Waals surface area contributed by atoms with Gasteiger partial charge in [-0.25, -0.2) is 17.2 Å². The van der Waals surface area contributed by atoms with Crippen LogP contribution in [-0.2, 0) is 19.6 Å².